The van der Waals surface area contributed by atoms with E-state index in [9.17, 15) is 9.59 Å². The minimum Gasteiger partial charge on any atom is -0.355 e. The summed E-state index contributed by atoms with van der Waals surface area (Å²) in [4.78, 5) is 22.9. The first kappa shape index (κ1) is 14.3. The van der Waals surface area contributed by atoms with E-state index in [2.05, 4.69) is 16.0 Å². The van der Waals surface area contributed by atoms with Gasteiger partial charge in [-0.25, -0.2) is 0 Å². The lowest BCUT2D eigenvalue weighted by molar-refractivity contribution is -0.129. The van der Waals surface area contributed by atoms with Gasteiger partial charge in [0.2, 0.25) is 11.8 Å². The molecule has 0 spiro atoms. The fraction of sp³-hybridized carbons (Fsp3) is 0.818. The molecule has 0 aromatic rings. The van der Waals surface area contributed by atoms with Crippen molar-refractivity contribution in [2.45, 2.75) is 31.7 Å². The molecule has 0 saturated carbocycles. The molecule has 17 heavy (non-hydrogen) atoms. The number of piperidine rings is 2. The van der Waals surface area contributed by atoms with E-state index in [1.165, 1.54) is 0 Å². The molecular weight excluding hydrogens is 242 g/mol. The van der Waals surface area contributed by atoms with Gasteiger partial charge in [-0.3, -0.25) is 9.59 Å². The Labute approximate surface area is 108 Å². The van der Waals surface area contributed by atoms with Gasteiger partial charge in [-0.15, -0.1) is 12.4 Å². The SMILES string of the molecule is Cl.O=C1CCC(C(=O)N[C@H]2CCCNC2)CN1. The van der Waals surface area contributed by atoms with E-state index in [0.29, 0.717) is 19.4 Å². The number of hydrogen-bond acceptors (Lipinski definition) is 3. The zero-order valence-electron chi connectivity index (χ0n) is 9.83. The average molecular weight is 262 g/mol. The van der Waals surface area contributed by atoms with E-state index in [4.69, 9.17) is 0 Å². The second-order valence-electron chi connectivity index (χ2n) is 4.59. The van der Waals surface area contributed by atoms with Crippen LogP contribution in [0, 0.1) is 5.92 Å². The number of amides is 2. The first-order chi connectivity index (χ1) is 7.75. The van der Waals surface area contributed by atoms with Gasteiger partial charge < -0.3 is 16.0 Å². The van der Waals surface area contributed by atoms with Gasteiger partial charge in [0.25, 0.3) is 0 Å². The van der Waals surface area contributed by atoms with Gasteiger partial charge in [0.1, 0.15) is 0 Å². The van der Waals surface area contributed by atoms with Crippen molar-refractivity contribution in [1.29, 1.82) is 0 Å². The third-order valence-corrected chi connectivity index (χ3v) is 3.28. The third-order valence-electron chi connectivity index (χ3n) is 3.28. The molecule has 3 N–H and O–H groups in total. The quantitative estimate of drug-likeness (QED) is 0.645. The highest BCUT2D eigenvalue weighted by Gasteiger charge is 2.26. The minimum absolute atomic E-state index is 0. The van der Waals surface area contributed by atoms with E-state index in [1.807, 2.05) is 0 Å². The molecule has 2 rings (SSSR count). The first-order valence-corrected chi connectivity index (χ1v) is 6.03. The van der Waals surface area contributed by atoms with Crippen LogP contribution in [0.1, 0.15) is 25.7 Å². The molecule has 98 valence electrons. The van der Waals surface area contributed by atoms with Crippen LogP contribution in [0.3, 0.4) is 0 Å². The van der Waals surface area contributed by atoms with Crippen molar-refractivity contribution in [1.82, 2.24) is 16.0 Å². The maximum atomic E-state index is 11.9. The van der Waals surface area contributed by atoms with Crippen LogP contribution in [0.25, 0.3) is 0 Å². The summed E-state index contributed by atoms with van der Waals surface area (Å²) in [5.74, 6) is 0.108. The summed E-state index contributed by atoms with van der Waals surface area (Å²) in [5, 5.41) is 9.05. The molecule has 0 aliphatic carbocycles. The second kappa shape index (κ2) is 6.81. The van der Waals surface area contributed by atoms with E-state index >= 15 is 0 Å². The van der Waals surface area contributed by atoms with E-state index in [-0.39, 0.29) is 36.2 Å². The molecular formula is C11H20ClN3O2. The van der Waals surface area contributed by atoms with Crippen molar-refractivity contribution in [3.8, 4) is 0 Å². The Morgan fingerprint density at radius 3 is 2.71 bits per heavy atom. The summed E-state index contributed by atoms with van der Waals surface area (Å²) in [5.41, 5.74) is 0. The maximum absolute atomic E-state index is 11.9. The summed E-state index contributed by atoms with van der Waals surface area (Å²) in [6.07, 6.45) is 3.32. The van der Waals surface area contributed by atoms with E-state index in [1.54, 1.807) is 0 Å². The Morgan fingerprint density at radius 2 is 2.12 bits per heavy atom. The van der Waals surface area contributed by atoms with Crippen molar-refractivity contribution in [2.75, 3.05) is 19.6 Å². The molecule has 6 heteroatoms. The Balaban J connectivity index is 0.00000144. The normalized spacial score (nSPS) is 28.8. The number of carbonyl (C=O) groups excluding carboxylic acids is 2. The molecule has 2 saturated heterocycles. The lowest BCUT2D eigenvalue weighted by Crippen LogP contribution is -2.50. The lowest BCUT2D eigenvalue weighted by Gasteiger charge is -2.27. The first-order valence-electron chi connectivity index (χ1n) is 6.03. The molecule has 0 radical (unpaired) electrons. The van der Waals surface area contributed by atoms with Crippen LogP contribution in [-0.4, -0.2) is 37.5 Å². The fourth-order valence-corrected chi connectivity index (χ4v) is 2.25. The number of carbonyl (C=O) groups is 2. The van der Waals surface area contributed by atoms with Crippen molar-refractivity contribution < 1.29 is 9.59 Å². The Bertz CT molecular complexity index is 270. The summed E-state index contributed by atoms with van der Waals surface area (Å²) in [7, 11) is 0. The largest absolute Gasteiger partial charge is 0.355 e. The van der Waals surface area contributed by atoms with E-state index in [0.717, 1.165) is 25.9 Å². The topological polar surface area (TPSA) is 70.2 Å². The number of nitrogens with one attached hydrogen (secondary N) is 3. The van der Waals surface area contributed by atoms with E-state index < -0.39 is 0 Å². The fourth-order valence-electron chi connectivity index (χ4n) is 2.25. The molecule has 2 atom stereocenters. The standard InChI is InChI=1S/C11H19N3O2.ClH/c15-10-4-3-8(6-13-10)11(16)14-9-2-1-5-12-7-9;/h8-9,12H,1-7H2,(H,13,15)(H,14,16);1H/t8?,9-;/m0./s1. The van der Waals surface area contributed by atoms with Crippen LogP contribution in [-0.2, 0) is 9.59 Å². The molecule has 0 bridgehead atoms. The zero-order valence-corrected chi connectivity index (χ0v) is 10.6. The van der Waals surface area contributed by atoms with Crippen LogP contribution < -0.4 is 16.0 Å². The minimum atomic E-state index is -0.0420. The van der Waals surface area contributed by atoms with Crippen LogP contribution in [0.2, 0.25) is 0 Å². The Morgan fingerprint density at radius 1 is 1.29 bits per heavy atom. The third kappa shape index (κ3) is 4.16. The number of halogens is 1. The molecule has 2 heterocycles. The van der Waals surface area contributed by atoms with Crippen LogP contribution in [0.5, 0.6) is 0 Å². The van der Waals surface area contributed by atoms with Crippen molar-refractivity contribution in [3.05, 3.63) is 0 Å². The second-order valence-corrected chi connectivity index (χ2v) is 4.59. The molecule has 0 aromatic heterocycles. The molecule has 5 nitrogen and oxygen atoms in total. The van der Waals surface area contributed by atoms with Gasteiger partial charge in [-0.2, -0.15) is 0 Å². The summed E-state index contributed by atoms with van der Waals surface area (Å²) < 4.78 is 0. The van der Waals surface area contributed by atoms with Crippen molar-refractivity contribution >= 4 is 24.2 Å². The monoisotopic (exact) mass is 261 g/mol. The summed E-state index contributed by atoms with van der Waals surface area (Å²) >= 11 is 0. The lowest BCUT2D eigenvalue weighted by atomic mass is 9.97. The molecule has 1 unspecified atom stereocenters. The molecule has 2 fully saturated rings. The Hall–Kier alpha value is -0.810. The zero-order chi connectivity index (χ0) is 11.4. The van der Waals surface area contributed by atoms with Gasteiger partial charge >= 0.3 is 0 Å². The molecule has 2 amide bonds. The van der Waals surface area contributed by atoms with Crippen LogP contribution in [0.15, 0.2) is 0 Å². The predicted octanol–water partition coefficient (Wildman–Crippen LogP) is -0.197. The smallest absolute Gasteiger partial charge is 0.225 e. The van der Waals surface area contributed by atoms with Gasteiger partial charge in [0.05, 0.1) is 5.92 Å². The van der Waals surface area contributed by atoms with Gasteiger partial charge in [-0.1, -0.05) is 0 Å². The highest BCUT2D eigenvalue weighted by atomic mass is 35.5. The van der Waals surface area contributed by atoms with Crippen molar-refractivity contribution in [3.63, 3.8) is 0 Å². The molecule has 2 aliphatic rings. The van der Waals surface area contributed by atoms with Crippen LogP contribution in [0.4, 0.5) is 0 Å². The van der Waals surface area contributed by atoms with Crippen molar-refractivity contribution in [2.24, 2.45) is 5.92 Å². The van der Waals surface area contributed by atoms with Crippen LogP contribution >= 0.6 is 12.4 Å². The maximum Gasteiger partial charge on any atom is 0.225 e. The highest BCUT2D eigenvalue weighted by molar-refractivity contribution is 5.85. The van der Waals surface area contributed by atoms with Gasteiger partial charge in [0, 0.05) is 25.6 Å². The Kier molecular flexibility index (Phi) is 5.71. The predicted molar refractivity (Wildman–Crippen MR) is 67.0 cm³/mol. The summed E-state index contributed by atoms with van der Waals surface area (Å²) in [6.45, 7) is 2.40. The highest BCUT2D eigenvalue weighted by Crippen LogP contribution is 2.12. The number of rotatable bonds is 2. The molecule has 0 aromatic carbocycles. The summed E-state index contributed by atoms with van der Waals surface area (Å²) in [6, 6.07) is 0.263. The van der Waals surface area contributed by atoms with Gasteiger partial charge in [-0.05, 0) is 25.8 Å². The van der Waals surface area contributed by atoms with Gasteiger partial charge in [0.15, 0.2) is 0 Å². The number of hydrogen-bond donors (Lipinski definition) is 3. The molecule has 2 aliphatic heterocycles. The average Bonchev–Trinajstić information content (AvgIpc) is 2.31.